The Morgan fingerprint density at radius 1 is 0.808 bits per heavy atom. The van der Waals surface area contributed by atoms with Crippen molar-refractivity contribution < 1.29 is 0 Å². The standard InChI is InChI=1S/C22H24N4/c1-25-12-14-26(15-13-25)22-21(19-10-6-3-7-11-19)17-20(23-24-22)16-18-8-4-2-5-9-18/h2-11,17H,12-16H2,1H3. The van der Waals surface area contributed by atoms with Crippen molar-refractivity contribution >= 4 is 5.82 Å². The van der Waals surface area contributed by atoms with Crippen LogP contribution in [0.25, 0.3) is 11.1 Å². The summed E-state index contributed by atoms with van der Waals surface area (Å²) in [6, 6.07) is 23.2. The number of aromatic nitrogens is 2. The first-order valence-electron chi connectivity index (χ1n) is 9.19. The molecule has 0 unspecified atom stereocenters. The predicted octanol–water partition coefficient (Wildman–Crippen LogP) is 3.49. The fourth-order valence-corrected chi connectivity index (χ4v) is 3.40. The molecule has 132 valence electrons. The van der Waals surface area contributed by atoms with Gasteiger partial charge in [0.05, 0.1) is 5.69 Å². The maximum absolute atomic E-state index is 4.66. The van der Waals surface area contributed by atoms with Crippen molar-refractivity contribution in [2.24, 2.45) is 0 Å². The highest BCUT2D eigenvalue weighted by Gasteiger charge is 2.20. The van der Waals surface area contributed by atoms with E-state index in [1.165, 1.54) is 16.7 Å². The topological polar surface area (TPSA) is 32.3 Å². The highest BCUT2D eigenvalue weighted by Crippen LogP contribution is 2.30. The van der Waals surface area contributed by atoms with Crippen LogP contribution < -0.4 is 4.90 Å². The second kappa shape index (κ2) is 7.67. The molecule has 2 heterocycles. The maximum Gasteiger partial charge on any atom is 0.159 e. The Morgan fingerprint density at radius 2 is 1.46 bits per heavy atom. The maximum atomic E-state index is 4.66. The lowest BCUT2D eigenvalue weighted by molar-refractivity contribution is 0.312. The Kier molecular flexibility index (Phi) is 4.93. The van der Waals surface area contributed by atoms with Gasteiger partial charge in [0.15, 0.2) is 5.82 Å². The van der Waals surface area contributed by atoms with Gasteiger partial charge in [-0.3, -0.25) is 0 Å². The van der Waals surface area contributed by atoms with Crippen molar-refractivity contribution in [3.63, 3.8) is 0 Å². The summed E-state index contributed by atoms with van der Waals surface area (Å²) in [6.07, 6.45) is 0.802. The molecular formula is C22H24N4. The van der Waals surface area contributed by atoms with Crippen LogP contribution in [0.3, 0.4) is 0 Å². The zero-order valence-corrected chi connectivity index (χ0v) is 15.2. The monoisotopic (exact) mass is 344 g/mol. The van der Waals surface area contributed by atoms with Crippen LogP contribution in [0, 0.1) is 0 Å². The molecule has 0 atom stereocenters. The molecule has 0 bridgehead atoms. The molecule has 0 amide bonds. The zero-order chi connectivity index (χ0) is 17.8. The highest BCUT2D eigenvalue weighted by molar-refractivity contribution is 5.76. The van der Waals surface area contributed by atoms with Gasteiger partial charge in [-0.1, -0.05) is 60.7 Å². The molecular weight excluding hydrogens is 320 g/mol. The smallest absolute Gasteiger partial charge is 0.159 e. The normalized spacial score (nSPS) is 15.2. The van der Waals surface area contributed by atoms with Crippen molar-refractivity contribution in [2.45, 2.75) is 6.42 Å². The summed E-state index contributed by atoms with van der Waals surface area (Å²) < 4.78 is 0. The molecule has 4 heteroatoms. The zero-order valence-electron chi connectivity index (χ0n) is 15.2. The van der Waals surface area contributed by atoms with Crippen molar-refractivity contribution in [1.82, 2.24) is 15.1 Å². The molecule has 2 aromatic carbocycles. The number of rotatable bonds is 4. The van der Waals surface area contributed by atoms with Crippen LogP contribution >= 0.6 is 0 Å². The van der Waals surface area contributed by atoms with Crippen molar-refractivity contribution in [1.29, 1.82) is 0 Å². The Hall–Kier alpha value is -2.72. The number of piperazine rings is 1. The summed E-state index contributed by atoms with van der Waals surface area (Å²) in [5.41, 5.74) is 4.64. The number of nitrogens with zero attached hydrogens (tertiary/aromatic N) is 4. The van der Waals surface area contributed by atoms with E-state index in [4.69, 9.17) is 0 Å². The van der Waals surface area contributed by atoms with E-state index >= 15 is 0 Å². The van der Waals surface area contributed by atoms with E-state index in [1.807, 2.05) is 6.07 Å². The fraction of sp³-hybridized carbons (Fsp3) is 0.273. The first kappa shape index (κ1) is 16.7. The van der Waals surface area contributed by atoms with E-state index in [1.54, 1.807) is 0 Å². The Labute approximate surface area is 155 Å². The third-order valence-electron chi connectivity index (χ3n) is 4.94. The molecule has 1 saturated heterocycles. The lowest BCUT2D eigenvalue weighted by Gasteiger charge is -2.34. The van der Waals surface area contributed by atoms with E-state index in [0.717, 1.165) is 44.1 Å². The number of hydrogen-bond donors (Lipinski definition) is 0. The van der Waals surface area contributed by atoms with Crippen molar-refractivity contribution in [2.75, 3.05) is 38.1 Å². The van der Waals surface area contributed by atoms with Crippen LogP contribution in [0.4, 0.5) is 5.82 Å². The third-order valence-corrected chi connectivity index (χ3v) is 4.94. The molecule has 1 fully saturated rings. The molecule has 0 N–H and O–H groups in total. The molecule has 4 rings (SSSR count). The molecule has 0 aliphatic carbocycles. The van der Waals surface area contributed by atoms with Crippen LogP contribution in [0.2, 0.25) is 0 Å². The molecule has 26 heavy (non-hydrogen) atoms. The third kappa shape index (κ3) is 3.75. The molecule has 1 aromatic heterocycles. The average Bonchev–Trinajstić information content (AvgIpc) is 2.70. The molecule has 0 radical (unpaired) electrons. The van der Waals surface area contributed by atoms with Gasteiger partial charge < -0.3 is 9.80 Å². The van der Waals surface area contributed by atoms with Crippen LogP contribution in [0.1, 0.15) is 11.3 Å². The van der Waals surface area contributed by atoms with E-state index in [0.29, 0.717) is 0 Å². The lowest BCUT2D eigenvalue weighted by Crippen LogP contribution is -2.45. The summed E-state index contributed by atoms with van der Waals surface area (Å²) in [5.74, 6) is 1.00. The summed E-state index contributed by atoms with van der Waals surface area (Å²) in [6.45, 7) is 4.09. The van der Waals surface area contributed by atoms with Gasteiger partial charge in [0, 0.05) is 38.2 Å². The van der Waals surface area contributed by atoms with E-state index in [-0.39, 0.29) is 0 Å². The SMILES string of the molecule is CN1CCN(c2nnc(Cc3ccccc3)cc2-c2ccccc2)CC1. The van der Waals surface area contributed by atoms with Crippen molar-refractivity contribution in [3.05, 3.63) is 78.0 Å². The van der Waals surface area contributed by atoms with Gasteiger partial charge in [0.1, 0.15) is 0 Å². The average molecular weight is 344 g/mol. The fourth-order valence-electron chi connectivity index (χ4n) is 3.40. The number of likely N-dealkylation sites (N-methyl/N-ethyl adjacent to an activating group) is 1. The van der Waals surface area contributed by atoms with Gasteiger partial charge in [-0.2, -0.15) is 5.10 Å². The molecule has 1 aliphatic rings. The highest BCUT2D eigenvalue weighted by atomic mass is 15.3. The first-order chi connectivity index (χ1) is 12.8. The van der Waals surface area contributed by atoms with Gasteiger partial charge in [-0.05, 0) is 24.2 Å². The largest absolute Gasteiger partial charge is 0.352 e. The second-order valence-electron chi connectivity index (χ2n) is 6.89. The van der Waals surface area contributed by atoms with Gasteiger partial charge in [0.25, 0.3) is 0 Å². The molecule has 0 spiro atoms. The minimum atomic E-state index is 0.802. The second-order valence-corrected chi connectivity index (χ2v) is 6.89. The number of benzene rings is 2. The summed E-state index contributed by atoms with van der Waals surface area (Å²) in [4.78, 5) is 4.72. The minimum absolute atomic E-state index is 0.802. The van der Waals surface area contributed by atoms with E-state index < -0.39 is 0 Å². The summed E-state index contributed by atoms with van der Waals surface area (Å²) in [7, 11) is 2.17. The van der Waals surface area contributed by atoms with Crippen molar-refractivity contribution in [3.8, 4) is 11.1 Å². The molecule has 3 aromatic rings. The van der Waals surface area contributed by atoms with E-state index in [9.17, 15) is 0 Å². The van der Waals surface area contributed by atoms with E-state index in [2.05, 4.69) is 87.7 Å². The van der Waals surface area contributed by atoms with Gasteiger partial charge in [-0.15, -0.1) is 5.10 Å². The van der Waals surface area contributed by atoms with Gasteiger partial charge >= 0.3 is 0 Å². The summed E-state index contributed by atoms with van der Waals surface area (Å²) >= 11 is 0. The van der Waals surface area contributed by atoms with Crippen LogP contribution in [-0.4, -0.2) is 48.3 Å². The number of hydrogen-bond acceptors (Lipinski definition) is 4. The van der Waals surface area contributed by atoms with Gasteiger partial charge in [-0.25, -0.2) is 0 Å². The quantitative estimate of drug-likeness (QED) is 0.725. The minimum Gasteiger partial charge on any atom is -0.352 e. The molecule has 0 saturated carbocycles. The Morgan fingerprint density at radius 3 is 2.15 bits per heavy atom. The Bertz CT molecular complexity index is 841. The first-order valence-corrected chi connectivity index (χ1v) is 9.19. The van der Waals surface area contributed by atoms with Crippen LogP contribution in [0.15, 0.2) is 66.7 Å². The number of anilines is 1. The molecule has 4 nitrogen and oxygen atoms in total. The lowest BCUT2D eigenvalue weighted by atomic mass is 10.0. The predicted molar refractivity (Wildman–Crippen MR) is 106 cm³/mol. The molecule has 1 aliphatic heterocycles. The van der Waals surface area contributed by atoms with Crippen LogP contribution in [0.5, 0.6) is 0 Å². The summed E-state index contributed by atoms with van der Waals surface area (Å²) in [5, 5.41) is 9.21. The Balaban J connectivity index is 1.69. The van der Waals surface area contributed by atoms with Crippen LogP contribution in [-0.2, 0) is 6.42 Å². The van der Waals surface area contributed by atoms with Gasteiger partial charge in [0.2, 0.25) is 0 Å².